The molecule has 1 unspecified atom stereocenters. The Hall–Kier alpha value is -2.51. The number of hydrogen-bond acceptors (Lipinski definition) is 5. The Morgan fingerprint density at radius 3 is 2.15 bits per heavy atom. The zero-order valence-corrected chi connectivity index (χ0v) is 19.5. The van der Waals surface area contributed by atoms with Crippen molar-refractivity contribution < 1.29 is 14.3 Å². The second-order valence-corrected chi connectivity index (χ2v) is 9.47. The number of ether oxygens (including phenoxy) is 2. The molecule has 2 aromatic rings. The van der Waals surface area contributed by atoms with Gasteiger partial charge in [0.1, 0.15) is 0 Å². The third-order valence-corrected chi connectivity index (χ3v) is 6.62. The lowest BCUT2D eigenvalue weighted by atomic mass is 9.93. The molecule has 2 aromatic carbocycles. The molecule has 174 valence electrons. The zero-order valence-electron chi connectivity index (χ0n) is 19.5. The van der Waals surface area contributed by atoms with Gasteiger partial charge in [-0.15, -0.1) is 0 Å². The van der Waals surface area contributed by atoms with Crippen molar-refractivity contribution in [2.24, 2.45) is 0 Å². The van der Waals surface area contributed by atoms with E-state index < -0.39 is 5.79 Å². The number of piperazine rings is 1. The summed E-state index contributed by atoms with van der Waals surface area (Å²) in [5.41, 5.74) is 4.38. The summed E-state index contributed by atoms with van der Waals surface area (Å²) in [5, 5.41) is 2.98. The molecule has 1 aliphatic carbocycles. The van der Waals surface area contributed by atoms with Crippen LogP contribution in [-0.4, -0.2) is 73.7 Å². The van der Waals surface area contributed by atoms with Crippen LogP contribution >= 0.6 is 0 Å². The second-order valence-electron chi connectivity index (χ2n) is 9.47. The van der Waals surface area contributed by atoms with Crippen LogP contribution in [-0.2, 0) is 20.1 Å². The quantitative estimate of drug-likeness (QED) is 0.764. The number of hydrogen-bond donors (Lipinski definition) is 1. The Balaban J connectivity index is 1.26. The van der Waals surface area contributed by atoms with Gasteiger partial charge in [0, 0.05) is 49.9 Å². The molecule has 1 atom stereocenters. The third kappa shape index (κ3) is 4.62. The third-order valence-electron chi connectivity index (χ3n) is 6.62. The van der Waals surface area contributed by atoms with E-state index >= 15 is 0 Å². The first-order valence-corrected chi connectivity index (χ1v) is 12.0. The fraction of sp³-hybridized carbons (Fsp3) is 0.444. The van der Waals surface area contributed by atoms with Gasteiger partial charge in [0.15, 0.2) is 0 Å². The summed E-state index contributed by atoms with van der Waals surface area (Å²) < 4.78 is 13.3. The van der Waals surface area contributed by atoms with Gasteiger partial charge in [-0.2, -0.15) is 0 Å². The summed E-state index contributed by atoms with van der Waals surface area (Å²) in [5.74, 6) is -0.773. The van der Waals surface area contributed by atoms with Crippen LogP contribution in [0, 0.1) is 0 Å². The molecule has 2 heterocycles. The van der Waals surface area contributed by atoms with Gasteiger partial charge >= 0.3 is 0 Å². The maximum atomic E-state index is 12.1. The molecule has 0 saturated carbocycles. The number of amides is 1. The average molecular weight is 448 g/mol. The van der Waals surface area contributed by atoms with Crippen molar-refractivity contribution in [2.45, 2.75) is 31.8 Å². The van der Waals surface area contributed by atoms with E-state index in [-0.39, 0.29) is 18.1 Å². The van der Waals surface area contributed by atoms with Crippen molar-refractivity contribution in [2.75, 3.05) is 45.9 Å². The highest BCUT2D eigenvalue weighted by atomic mass is 16.7. The van der Waals surface area contributed by atoms with Crippen LogP contribution in [0.1, 0.15) is 36.1 Å². The predicted molar refractivity (Wildman–Crippen MR) is 130 cm³/mol. The van der Waals surface area contributed by atoms with Crippen molar-refractivity contribution in [3.63, 3.8) is 0 Å². The summed E-state index contributed by atoms with van der Waals surface area (Å²) in [6.07, 6.45) is 4.29. The summed E-state index contributed by atoms with van der Waals surface area (Å²) >= 11 is 0. The van der Waals surface area contributed by atoms with E-state index in [0.29, 0.717) is 13.2 Å². The average Bonchev–Trinajstić information content (AvgIpc) is 3.17. The van der Waals surface area contributed by atoms with Gasteiger partial charge in [0.2, 0.25) is 11.7 Å². The largest absolute Gasteiger partial charge is 0.353 e. The lowest BCUT2D eigenvalue weighted by Gasteiger charge is -2.36. The molecule has 2 fully saturated rings. The Labute approximate surface area is 196 Å². The normalized spacial score (nSPS) is 22.2. The molecule has 2 aliphatic heterocycles. The minimum Gasteiger partial charge on any atom is -0.353 e. The fourth-order valence-electron chi connectivity index (χ4n) is 5.08. The molecular formula is C27H33N3O3. The van der Waals surface area contributed by atoms with E-state index in [1.54, 1.807) is 0 Å². The van der Waals surface area contributed by atoms with Crippen LogP contribution in [0.25, 0.3) is 12.2 Å². The monoisotopic (exact) mass is 447 g/mol. The van der Waals surface area contributed by atoms with Gasteiger partial charge < -0.3 is 14.8 Å². The highest BCUT2D eigenvalue weighted by molar-refractivity contribution is 5.78. The Bertz CT molecular complexity index is 977. The maximum Gasteiger partial charge on any atom is 0.234 e. The molecule has 3 aliphatic rings. The van der Waals surface area contributed by atoms with Crippen LogP contribution in [0.5, 0.6) is 0 Å². The maximum absolute atomic E-state index is 12.1. The van der Waals surface area contributed by atoms with Crippen LogP contribution in [0.4, 0.5) is 0 Å². The molecule has 1 N–H and O–H groups in total. The molecule has 0 bridgehead atoms. The van der Waals surface area contributed by atoms with Gasteiger partial charge in [-0.05, 0) is 25.0 Å². The van der Waals surface area contributed by atoms with Crippen LogP contribution < -0.4 is 5.32 Å². The lowest BCUT2D eigenvalue weighted by Crippen LogP contribution is -2.51. The summed E-state index contributed by atoms with van der Waals surface area (Å²) in [6, 6.07) is 16.9. The molecule has 0 radical (unpaired) electrons. The smallest absolute Gasteiger partial charge is 0.234 e. The standard InChI is InChI=1S/C27H33N3O3/c1-20(2)28-26(31)18-30-15-13-29(14-16-30)17-23-19-32-27(33-23)24-9-5-3-7-21(24)11-12-22-8-4-6-10-25(22)27/h3-12,20,23H,13-19H2,1-2H3,(H,28,31). The van der Waals surface area contributed by atoms with Crippen molar-refractivity contribution in [3.8, 4) is 0 Å². The van der Waals surface area contributed by atoms with E-state index in [4.69, 9.17) is 9.47 Å². The highest BCUT2D eigenvalue weighted by Crippen LogP contribution is 2.45. The molecule has 6 heteroatoms. The number of carbonyl (C=O) groups is 1. The number of carbonyl (C=O) groups excluding carboxylic acids is 1. The fourth-order valence-corrected chi connectivity index (χ4v) is 5.08. The Kier molecular flexibility index (Phi) is 6.34. The molecule has 33 heavy (non-hydrogen) atoms. The molecule has 1 spiro atoms. The molecule has 1 amide bonds. The number of benzene rings is 2. The molecule has 0 aromatic heterocycles. The van der Waals surface area contributed by atoms with E-state index in [9.17, 15) is 4.79 Å². The summed E-state index contributed by atoms with van der Waals surface area (Å²) in [4.78, 5) is 16.7. The minimum absolute atomic E-state index is 0.0139. The predicted octanol–water partition coefficient (Wildman–Crippen LogP) is 2.93. The lowest BCUT2D eigenvalue weighted by molar-refractivity contribution is -0.145. The Morgan fingerprint density at radius 2 is 1.55 bits per heavy atom. The Morgan fingerprint density at radius 1 is 0.970 bits per heavy atom. The molecule has 2 saturated heterocycles. The first kappa shape index (κ1) is 22.3. The van der Waals surface area contributed by atoms with Gasteiger partial charge in [-0.3, -0.25) is 14.6 Å². The first-order chi connectivity index (χ1) is 16.0. The van der Waals surface area contributed by atoms with Crippen LogP contribution in [0.3, 0.4) is 0 Å². The second kappa shape index (κ2) is 9.39. The highest BCUT2D eigenvalue weighted by Gasteiger charge is 2.47. The number of nitrogens with one attached hydrogen (secondary N) is 1. The molecule has 5 rings (SSSR count). The van der Waals surface area contributed by atoms with Gasteiger partial charge in [0.25, 0.3) is 0 Å². The van der Waals surface area contributed by atoms with E-state index in [1.807, 2.05) is 13.8 Å². The minimum atomic E-state index is -0.877. The molecule has 6 nitrogen and oxygen atoms in total. The van der Waals surface area contributed by atoms with Gasteiger partial charge in [-0.1, -0.05) is 60.7 Å². The van der Waals surface area contributed by atoms with E-state index in [1.165, 1.54) is 0 Å². The van der Waals surface area contributed by atoms with Crippen LogP contribution in [0.2, 0.25) is 0 Å². The number of rotatable bonds is 5. The van der Waals surface area contributed by atoms with E-state index in [2.05, 4.69) is 75.8 Å². The SMILES string of the molecule is CC(C)NC(=O)CN1CCN(CC2COC3(O2)c2ccccc2C=Cc2ccccc23)CC1. The summed E-state index contributed by atoms with van der Waals surface area (Å²) in [7, 11) is 0. The topological polar surface area (TPSA) is 54.0 Å². The van der Waals surface area contributed by atoms with Crippen molar-refractivity contribution in [1.29, 1.82) is 0 Å². The van der Waals surface area contributed by atoms with Crippen molar-refractivity contribution >= 4 is 18.1 Å². The number of fused-ring (bicyclic) bond motifs is 4. The van der Waals surface area contributed by atoms with E-state index in [0.717, 1.165) is 55.0 Å². The molecular weight excluding hydrogens is 414 g/mol. The zero-order chi connectivity index (χ0) is 22.8. The van der Waals surface area contributed by atoms with Crippen molar-refractivity contribution in [3.05, 3.63) is 70.8 Å². The van der Waals surface area contributed by atoms with Gasteiger partial charge in [-0.25, -0.2) is 0 Å². The van der Waals surface area contributed by atoms with Crippen LogP contribution in [0.15, 0.2) is 48.5 Å². The summed E-state index contributed by atoms with van der Waals surface area (Å²) in [6.45, 7) is 9.47. The van der Waals surface area contributed by atoms with Gasteiger partial charge in [0.05, 0.1) is 19.3 Å². The first-order valence-electron chi connectivity index (χ1n) is 12.0. The number of nitrogens with zero attached hydrogens (tertiary/aromatic N) is 2. The van der Waals surface area contributed by atoms with Crippen molar-refractivity contribution in [1.82, 2.24) is 15.1 Å².